The van der Waals surface area contributed by atoms with Crippen molar-refractivity contribution in [2.24, 2.45) is 17.6 Å². The van der Waals surface area contributed by atoms with Gasteiger partial charge < -0.3 is 11.1 Å². The molecule has 1 amide bonds. The Balaban J connectivity index is 0.00000220. The van der Waals surface area contributed by atoms with Gasteiger partial charge in [0.1, 0.15) is 0 Å². The van der Waals surface area contributed by atoms with Crippen molar-refractivity contribution in [2.45, 2.75) is 25.8 Å². The van der Waals surface area contributed by atoms with Gasteiger partial charge in [-0.05, 0) is 43.8 Å². The first-order valence-electron chi connectivity index (χ1n) is 7.35. The first kappa shape index (κ1) is 21.7. The minimum Gasteiger partial charge on any atom is -0.355 e. The molecule has 2 heterocycles. The zero-order valence-electron chi connectivity index (χ0n) is 13.2. The van der Waals surface area contributed by atoms with Crippen LogP contribution in [0.4, 0.5) is 0 Å². The van der Waals surface area contributed by atoms with E-state index in [0.29, 0.717) is 18.5 Å². The van der Waals surface area contributed by atoms with Crippen molar-refractivity contribution in [2.75, 3.05) is 26.7 Å². The second-order valence-corrected chi connectivity index (χ2v) is 6.70. The van der Waals surface area contributed by atoms with E-state index in [1.54, 1.807) is 0 Å². The molecule has 0 saturated carbocycles. The maximum Gasteiger partial charge on any atom is 0.224 e. The molecule has 3 unspecified atom stereocenters. The lowest BCUT2D eigenvalue weighted by Crippen LogP contribution is -2.43. The van der Waals surface area contributed by atoms with Crippen LogP contribution < -0.4 is 11.1 Å². The number of thiophene rings is 1. The number of nitrogens with zero attached hydrogens (tertiary/aromatic N) is 1. The van der Waals surface area contributed by atoms with E-state index in [0.717, 1.165) is 13.1 Å². The van der Waals surface area contributed by atoms with E-state index in [4.69, 9.17) is 5.73 Å². The number of rotatable bonds is 5. The molecule has 128 valence electrons. The lowest BCUT2D eigenvalue weighted by molar-refractivity contribution is -0.124. The van der Waals surface area contributed by atoms with Crippen molar-refractivity contribution in [3.05, 3.63) is 22.4 Å². The number of amides is 1. The Labute approximate surface area is 149 Å². The third-order valence-corrected chi connectivity index (χ3v) is 5.12. The fourth-order valence-electron chi connectivity index (χ4n) is 2.90. The molecular weight excluding hydrogens is 341 g/mol. The van der Waals surface area contributed by atoms with Crippen LogP contribution in [0.2, 0.25) is 0 Å². The highest BCUT2D eigenvalue weighted by Gasteiger charge is 2.31. The largest absolute Gasteiger partial charge is 0.355 e. The summed E-state index contributed by atoms with van der Waals surface area (Å²) in [6.07, 6.45) is 2.37. The Bertz CT molecular complexity index is 430. The molecule has 2 rings (SSSR count). The van der Waals surface area contributed by atoms with Crippen molar-refractivity contribution >= 4 is 42.1 Å². The van der Waals surface area contributed by atoms with Crippen molar-refractivity contribution in [3.63, 3.8) is 0 Å². The molecule has 0 bridgehead atoms. The molecule has 7 heteroatoms. The normalized spacial score (nSPS) is 23.0. The summed E-state index contributed by atoms with van der Waals surface area (Å²) >= 11 is 1.81. The summed E-state index contributed by atoms with van der Waals surface area (Å²) in [6, 6.07) is 4.74. The summed E-state index contributed by atoms with van der Waals surface area (Å²) < 4.78 is 0. The minimum atomic E-state index is -0.100. The molecule has 22 heavy (non-hydrogen) atoms. The lowest BCUT2D eigenvalue weighted by Gasteiger charge is -2.39. The molecule has 0 radical (unpaired) electrons. The van der Waals surface area contributed by atoms with Crippen molar-refractivity contribution in [1.82, 2.24) is 10.2 Å². The van der Waals surface area contributed by atoms with Gasteiger partial charge in [-0.25, -0.2) is 0 Å². The standard InChI is InChI=1S/C15H25N3OS.2ClH/c1-11(9-16)15(19)17-10-12-5-3-7-18(2)14(12)13-6-4-8-20-13;;/h4,6,8,11-12,14H,3,5,7,9-10,16H2,1-2H3,(H,17,19);2*1H. The van der Waals surface area contributed by atoms with Crippen molar-refractivity contribution < 1.29 is 4.79 Å². The molecule has 1 aromatic heterocycles. The fourth-order valence-corrected chi connectivity index (χ4v) is 3.88. The number of hydrogen-bond acceptors (Lipinski definition) is 4. The number of carbonyl (C=O) groups excluding carboxylic acids is 1. The predicted molar refractivity (Wildman–Crippen MR) is 98.1 cm³/mol. The average molecular weight is 368 g/mol. The Hall–Kier alpha value is -0.330. The highest BCUT2D eigenvalue weighted by molar-refractivity contribution is 7.10. The zero-order valence-corrected chi connectivity index (χ0v) is 15.6. The molecule has 1 saturated heterocycles. The molecule has 3 atom stereocenters. The van der Waals surface area contributed by atoms with E-state index in [2.05, 4.69) is 34.8 Å². The van der Waals surface area contributed by atoms with Gasteiger partial charge >= 0.3 is 0 Å². The Kier molecular flexibility index (Phi) is 10.3. The molecule has 1 fully saturated rings. The van der Waals surface area contributed by atoms with Crippen LogP contribution in [0.5, 0.6) is 0 Å². The van der Waals surface area contributed by atoms with Gasteiger partial charge in [-0.3, -0.25) is 9.69 Å². The number of piperidine rings is 1. The summed E-state index contributed by atoms with van der Waals surface area (Å²) in [5.74, 6) is 0.462. The van der Waals surface area contributed by atoms with E-state index in [9.17, 15) is 4.79 Å². The first-order chi connectivity index (χ1) is 9.63. The van der Waals surface area contributed by atoms with E-state index >= 15 is 0 Å². The van der Waals surface area contributed by atoms with E-state index in [1.165, 1.54) is 17.7 Å². The van der Waals surface area contributed by atoms with Crippen LogP contribution in [0.3, 0.4) is 0 Å². The van der Waals surface area contributed by atoms with Gasteiger partial charge in [-0.1, -0.05) is 13.0 Å². The van der Waals surface area contributed by atoms with Crippen LogP contribution in [-0.4, -0.2) is 37.5 Å². The maximum absolute atomic E-state index is 11.9. The van der Waals surface area contributed by atoms with Gasteiger partial charge in [0.05, 0.1) is 0 Å². The number of carbonyl (C=O) groups is 1. The van der Waals surface area contributed by atoms with Crippen LogP contribution in [0, 0.1) is 11.8 Å². The number of nitrogens with one attached hydrogen (secondary N) is 1. The molecular formula is C15H27Cl2N3OS. The minimum absolute atomic E-state index is 0. The number of hydrogen-bond donors (Lipinski definition) is 2. The average Bonchev–Trinajstić information content (AvgIpc) is 2.97. The number of halogens is 2. The van der Waals surface area contributed by atoms with Crippen LogP contribution in [-0.2, 0) is 4.79 Å². The molecule has 4 nitrogen and oxygen atoms in total. The van der Waals surface area contributed by atoms with Gasteiger partial charge in [0, 0.05) is 29.9 Å². The van der Waals surface area contributed by atoms with E-state index in [-0.39, 0.29) is 36.6 Å². The monoisotopic (exact) mass is 367 g/mol. The third-order valence-electron chi connectivity index (χ3n) is 4.18. The third kappa shape index (κ3) is 5.39. The summed E-state index contributed by atoms with van der Waals surface area (Å²) in [4.78, 5) is 15.7. The Morgan fingerprint density at radius 2 is 2.27 bits per heavy atom. The second-order valence-electron chi connectivity index (χ2n) is 5.73. The quantitative estimate of drug-likeness (QED) is 0.840. The topological polar surface area (TPSA) is 58.4 Å². The van der Waals surface area contributed by atoms with E-state index < -0.39 is 0 Å². The molecule has 0 aromatic carbocycles. The van der Waals surface area contributed by atoms with Gasteiger partial charge in [-0.15, -0.1) is 36.2 Å². The van der Waals surface area contributed by atoms with Gasteiger partial charge in [0.15, 0.2) is 0 Å². The summed E-state index contributed by atoms with van der Waals surface area (Å²) in [5.41, 5.74) is 5.54. The predicted octanol–water partition coefficient (Wildman–Crippen LogP) is 2.69. The number of nitrogens with two attached hydrogens (primary N) is 1. The van der Waals surface area contributed by atoms with Gasteiger partial charge in [-0.2, -0.15) is 0 Å². The van der Waals surface area contributed by atoms with Crippen LogP contribution in [0.25, 0.3) is 0 Å². The molecule has 0 spiro atoms. The Morgan fingerprint density at radius 3 is 2.86 bits per heavy atom. The second kappa shape index (κ2) is 10.4. The SMILES string of the molecule is CC(CN)C(=O)NCC1CCCN(C)C1c1cccs1.Cl.Cl. The fraction of sp³-hybridized carbons (Fsp3) is 0.667. The first-order valence-corrected chi connectivity index (χ1v) is 8.23. The molecule has 0 aliphatic carbocycles. The molecule has 1 aliphatic rings. The van der Waals surface area contributed by atoms with Crippen molar-refractivity contribution in [1.29, 1.82) is 0 Å². The Morgan fingerprint density at radius 1 is 1.55 bits per heavy atom. The summed E-state index contributed by atoms with van der Waals surface area (Å²) in [5, 5.41) is 5.20. The highest BCUT2D eigenvalue weighted by atomic mass is 35.5. The number of likely N-dealkylation sites (tertiary alicyclic amines) is 1. The van der Waals surface area contributed by atoms with Gasteiger partial charge in [0.25, 0.3) is 0 Å². The van der Waals surface area contributed by atoms with Crippen LogP contribution in [0.15, 0.2) is 17.5 Å². The van der Waals surface area contributed by atoms with Crippen LogP contribution >= 0.6 is 36.2 Å². The lowest BCUT2D eigenvalue weighted by atomic mass is 9.88. The molecule has 1 aromatic rings. The van der Waals surface area contributed by atoms with Gasteiger partial charge in [0.2, 0.25) is 5.91 Å². The zero-order chi connectivity index (χ0) is 14.5. The molecule has 1 aliphatic heterocycles. The van der Waals surface area contributed by atoms with E-state index in [1.807, 2.05) is 18.3 Å². The van der Waals surface area contributed by atoms with Crippen LogP contribution in [0.1, 0.15) is 30.7 Å². The maximum atomic E-state index is 11.9. The molecule has 3 N–H and O–H groups in total. The smallest absolute Gasteiger partial charge is 0.224 e. The highest BCUT2D eigenvalue weighted by Crippen LogP contribution is 2.36. The summed E-state index contributed by atoms with van der Waals surface area (Å²) in [7, 11) is 2.18. The summed E-state index contributed by atoms with van der Waals surface area (Å²) in [6.45, 7) is 4.16. The van der Waals surface area contributed by atoms with Crippen molar-refractivity contribution in [3.8, 4) is 0 Å².